The molecule has 0 spiro atoms. The lowest BCUT2D eigenvalue weighted by Gasteiger charge is -2.24. The van der Waals surface area contributed by atoms with Crippen molar-refractivity contribution in [2.45, 2.75) is 31.5 Å². The van der Waals surface area contributed by atoms with Gasteiger partial charge in [-0.15, -0.1) is 0 Å². The lowest BCUT2D eigenvalue weighted by atomic mass is 10.1. The average Bonchev–Trinajstić information content (AvgIpc) is 3.31. The van der Waals surface area contributed by atoms with Crippen LogP contribution in [0, 0.1) is 11.8 Å². The predicted molar refractivity (Wildman–Crippen MR) is 111 cm³/mol. The number of carbonyl (C=O) groups excluding carboxylic acids is 1. The Hall–Kier alpha value is -2.82. The summed E-state index contributed by atoms with van der Waals surface area (Å²) in [6, 6.07) is 0. The molecule has 12 heteroatoms. The van der Waals surface area contributed by atoms with Crippen molar-refractivity contribution in [1.29, 1.82) is 0 Å². The van der Waals surface area contributed by atoms with Crippen molar-refractivity contribution >= 4 is 22.9 Å². The van der Waals surface area contributed by atoms with Gasteiger partial charge in [-0.1, -0.05) is 5.92 Å². The number of hydrogen-bond donors (Lipinski definition) is 5. The smallest absolute Gasteiger partial charge is 0.252 e. The number of piperazine rings is 1. The van der Waals surface area contributed by atoms with Crippen LogP contribution >= 0.6 is 0 Å². The Bertz CT molecular complexity index is 1010. The Morgan fingerprint density at radius 1 is 1.35 bits per heavy atom. The van der Waals surface area contributed by atoms with Crippen molar-refractivity contribution in [3.8, 4) is 11.8 Å². The van der Waals surface area contributed by atoms with Crippen molar-refractivity contribution in [1.82, 2.24) is 35.1 Å². The summed E-state index contributed by atoms with van der Waals surface area (Å²) in [5, 5.41) is 26.6. The summed E-state index contributed by atoms with van der Waals surface area (Å²) in [5.74, 6) is 5.84. The van der Waals surface area contributed by atoms with Crippen molar-refractivity contribution in [3.05, 3.63) is 12.2 Å². The zero-order chi connectivity index (χ0) is 22.0. The van der Waals surface area contributed by atoms with Crippen LogP contribution in [0.4, 0.5) is 5.82 Å². The van der Waals surface area contributed by atoms with Gasteiger partial charge in [-0.3, -0.25) is 14.3 Å². The molecule has 4 rings (SSSR count). The van der Waals surface area contributed by atoms with E-state index in [1.54, 1.807) is 6.92 Å². The molecule has 0 bridgehead atoms. The van der Waals surface area contributed by atoms with Crippen LogP contribution in [0.15, 0.2) is 6.33 Å². The molecule has 2 aliphatic heterocycles. The molecule has 31 heavy (non-hydrogen) atoms. The maximum absolute atomic E-state index is 12.1. The lowest BCUT2D eigenvalue weighted by Crippen LogP contribution is -2.43. The molecule has 4 heterocycles. The third kappa shape index (κ3) is 4.32. The summed E-state index contributed by atoms with van der Waals surface area (Å²) in [5.41, 5.74) is 6.65. The number of rotatable bonds is 4. The van der Waals surface area contributed by atoms with Gasteiger partial charge in [-0.05, 0) is 12.8 Å². The van der Waals surface area contributed by atoms with Gasteiger partial charge in [-0.25, -0.2) is 15.0 Å². The topological polar surface area (TPSA) is 164 Å². The second kappa shape index (κ2) is 9.13. The van der Waals surface area contributed by atoms with Crippen LogP contribution in [0.3, 0.4) is 0 Å². The molecular weight excluding hydrogens is 404 g/mol. The highest BCUT2D eigenvalue weighted by Gasteiger charge is 2.47. The van der Waals surface area contributed by atoms with Crippen LogP contribution in [0.25, 0.3) is 11.2 Å². The zero-order valence-electron chi connectivity index (χ0n) is 17.2. The molecule has 4 atom stereocenters. The third-order valence-electron chi connectivity index (χ3n) is 5.28. The number of aliphatic hydroxyl groups excluding tert-OH is 2. The van der Waals surface area contributed by atoms with Gasteiger partial charge >= 0.3 is 0 Å². The Kier molecular flexibility index (Phi) is 6.30. The van der Waals surface area contributed by atoms with Crippen molar-refractivity contribution in [2.75, 3.05) is 45.0 Å². The van der Waals surface area contributed by atoms with Crippen molar-refractivity contribution < 1.29 is 19.7 Å². The number of aliphatic hydroxyl groups is 2. The number of carbonyl (C=O) groups is 1. The van der Waals surface area contributed by atoms with Crippen LogP contribution < -0.4 is 16.4 Å². The minimum absolute atomic E-state index is 0.142. The van der Waals surface area contributed by atoms with E-state index in [2.05, 4.69) is 42.3 Å². The Morgan fingerprint density at radius 3 is 2.87 bits per heavy atom. The Balaban J connectivity index is 1.58. The number of amides is 1. The zero-order valence-corrected chi connectivity index (χ0v) is 17.2. The molecule has 1 unspecified atom stereocenters. The largest absolute Gasteiger partial charge is 0.387 e. The first-order valence-corrected chi connectivity index (χ1v) is 10.2. The maximum Gasteiger partial charge on any atom is 0.252 e. The summed E-state index contributed by atoms with van der Waals surface area (Å²) in [6.45, 7) is 6.44. The molecule has 0 saturated carbocycles. The van der Waals surface area contributed by atoms with Crippen LogP contribution in [0.1, 0.15) is 19.0 Å². The van der Waals surface area contributed by atoms with E-state index in [1.165, 1.54) is 10.9 Å². The lowest BCUT2D eigenvalue weighted by molar-refractivity contribution is -0.137. The van der Waals surface area contributed by atoms with Crippen molar-refractivity contribution in [2.24, 2.45) is 0 Å². The molecule has 2 saturated heterocycles. The van der Waals surface area contributed by atoms with E-state index in [0.29, 0.717) is 24.3 Å². The number of fused-ring (bicyclic) bond motifs is 1. The van der Waals surface area contributed by atoms with Gasteiger partial charge in [0.25, 0.3) is 5.91 Å². The highest BCUT2D eigenvalue weighted by Crippen LogP contribution is 2.32. The number of anilines is 1. The molecule has 0 radical (unpaired) electrons. The number of ether oxygens (including phenoxy) is 1. The summed E-state index contributed by atoms with van der Waals surface area (Å²) >= 11 is 0. The molecule has 0 aromatic carbocycles. The van der Waals surface area contributed by atoms with Gasteiger partial charge in [0.2, 0.25) is 5.82 Å². The summed E-state index contributed by atoms with van der Waals surface area (Å²) in [6.07, 6.45) is -3.65. The van der Waals surface area contributed by atoms with Crippen LogP contribution in [-0.2, 0) is 9.53 Å². The first kappa shape index (κ1) is 21.4. The van der Waals surface area contributed by atoms with Crippen LogP contribution in [0.5, 0.6) is 0 Å². The normalized spacial score (nSPS) is 26.5. The summed E-state index contributed by atoms with van der Waals surface area (Å²) in [4.78, 5) is 27.2. The van der Waals surface area contributed by atoms with Gasteiger partial charge in [0, 0.05) is 32.7 Å². The minimum Gasteiger partial charge on any atom is -0.387 e. The second-order valence-electron chi connectivity index (χ2n) is 7.41. The standard InChI is InChI=1S/C19H26N8O4/c1-2-22-18(30)15-13(28)14(29)19(31-15)27-10-23-12-16(20)24-11(25-17(12)27)4-3-7-26-8-5-21-6-9-26/h10,13-15,19,21,28-29H,2,5-9H2,1H3,(H,22,30)(H2,20,24,25)/t13-,14?,15+,19-/m1/s1. The number of imidazole rings is 1. The highest BCUT2D eigenvalue weighted by atomic mass is 16.6. The first-order chi connectivity index (χ1) is 15.0. The number of hydrogen-bond acceptors (Lipinski definition) is 10. The summed E-state index contributed by atoms with van der Waals surface area (Å²) in [7, 11) is 0. The van der Waals surface area contributed by atoms with E-state index in [-0.39, 0.29) is 11.6 Å². The van der Waals surface area contributed by atoms with Gasteiger partial charge in [0.15, 0.2) is 23.8 Å². The monoisotopic (exact) mass is 430 g/mol. The molecule has 2 aromatic heterocycles. The van der Waals surface area contributed by atoms with E-state index >= 15 is 0 Å². The van der Waals surface area contributed by atoms with E-state index in [1.807, 2.05) is 0 Å². The van der Waals surface area contributed by atoms with Crippen LogP contribution in [-0.4, -0.2) is 98.1 Å². The third-order valence-corrected chi connectivity index (χ3v) is 5.28. The molecule has 2 aromatic rings. The molecule has 12 nitrogen and oxygen atoms in total. The summed E-state index contributed by atoms with van der Waals surface area (Å²) < 4.78 is 7.09. The van der Waals surface area contributed by atoms with E-state index < -0.39 is 30.4 Å². The molecule has 0 aliphatic carbocycles. The van der Waals surface area contributed by atoms with Crippen LogP contribution in [0.2, 0.25) is 0 Å². The minimum atomic E-state index is -1.40. The van der Waals surface area contributed by atoms with E-state index in [9.17, 15) is 15.0 Å². The quantitative estimate of drug-likeness (QED) is 0.326. The van der Waals surface area contributed by atoms with Crippen molar-refractivity contribution in [3.63, 3.8) is 0 Å². The average molecular weight is 430 g/mol. The molecule has 1 amide bonds. The fourth-order valence-electron chi connectivity index (χ4n) is 3.66. The molecule has 166 valence electrons. The van der Waals surface area contributed by atoms with E-state index in [4.69, 9.17) is 10.5 Å². The molecule has 2 aliphatic rings. The number of nitrogens with zero attached hydrogens (tertiary/aromatic N) is 5. The Morgan fingerprint density at radius 2 is 2.13 bits per heavy atom. The first-order valence-electron chi connectivity index (χ1n) is 10.2. The SMILES string of the molecule is CCNC(=O)[C@H]1O[C@@H](n2cnc3c(N)nc(C#CCN4CCNCC4)nc32)C(O)[C@H]1O. The fraction of sp³-hybridized carbons (Fsp3) is 0.579. The van der Waals surface area contributed by atoms with Gasteiger partial charge < -0.3 is 31.3 Å². The Labute approximate surface area is 178 Å². The van der Waals surface area contributed by atoms with Gasteiger partial charge in [-0.2, -0.15) is 0 Å². The number of nitrogens with two attached hydrogens (primary N) is 1. The predicted octanol–water partition coefficient (Wildman–Crippen LogP) is -2.58. The van der Waals surface area contributed by atoms with Gasteiger partial charge in [0.1, 0.15) is 17.7 Å². The number of nitrogen functional groups attached to an aromatic ring is 1. The maximum atomic E-state index is 12.1. The number of nitrogens with one attached hydrogen (secondary N) is 2. The van der Waals surface area contributed by atoms with Gasteiger partial charge in [0.05, 0.1) is 12.9 Å². The highest BCUT2D eigenvalue weighted by molar-refractivity contribution is 5.83. The molecular formula is C19H26N8O4. The fourth-order valence-corrected chi connectivity index (χ4v) is 3.66. The molecule has 6 N–H and O–H groups in total. The second-order valence-corrected chi connectivity index (χ2v) is 7.41. The molecule has 2 fully saturated rings. The number of aromatic nitrogens is 4. The number of likely N-dealkylation sites (N-methyl/N-ethyl adjacent to an activating group) is 1. The van der Waals surface area contributed by atoms with E-state index in [0.717, 1.165) is 26.2 Å².